The summed E-state index contributed by atoms with van der Waals surface area (Å²) < 4.78 is 0. The minimum Gasteiger partial charge on any atom is -0.480 e. The summed E-state index contributed by atoms with van der Waals surface area (Å²) in [6.45, 7) is -0.563. The van der Waals surface area contributed by atoms with Gasteiger partial charge in [-0.1, -0.05) is 0 Å². The molecule has 6 heteroatoms. The first-order valence-electron chi connectivity index (χ1n) is 2.17. The van der Waals surface area contributed by atoms with E-state index in [0.29, 0.717) is 0 Å². The van der Waals surface area contributed by atoms with E-state index < -0.39 is 18.6 Å². The molecule has 1 atom stereocenters. The molecule has 6 nitrogen and oxygen atoms in total. The van der Waals surface area contributed by atoms with Crippen LogP contribution in [0.1, 0.15) is 0 Å². The van der Waals surface area contributed by atoms with Gasteiger partial charge in [-0.25, -0.2) is 4.94 Å². The number of carbonyl (C=O) groups is 1. The molecule has 0 aliphatic carbocycles. The summed E-state index contributed by atoms with van der Waals surface area (Å²) in [5, 5.41) is 16.4. The van der Waals surface area contributed by atoms with Crippen molar-refractivity contribution in [2.45, 2.75) is 6.04 Å². The number of aliphatic hydroxyl groups excluding tert-OH is 1. The topological polar surface area (TPSA) is 105 Å². The first kappa shape index (κ1) is 8.31. The van der Waals surface area contributed by atoms with E-state index in [2.05, 4.69) is 10.8 Å². The molecule has 0 aromatic rings. The zero-order chi connectivity index (χ0) is 7.28. The van der Waals surface area contributed by atoms with Crippen LogP contribution in [0.5, 0.6) is 0 Å². The molecule has 0 aromatic carbocycles. The highest BCUT2D eigenvalue weighted by atomic mass is 16.8. The fourth-order valence-corrected chi connectivity index (χ4v) is 0.248. The van der Waals surface area contributed by atoms with Gasteiger partial charge in [-0.15, -0.1) is 0 Å². The first-order chi connectivity index (χ1) is 4.22. The number of carboxylic acids is 1. The van der Waals surface area contributed by atoms with Crippen LogP contribution in [-0.4, -0.2) is 28.8 Å². The van der Waals surface area contributed by atoms with E-state index in [4.69, 9.17) is 10.2 Å². The van der Waals surface area contributed by atoms with Gasteiger partial charge in [0.2, 0.25) is 0 Å². The van der Waals surface area contributed by atoms with Crippen LogP contribution in [0.2, 0.25) is 0 Å². The van der Waals surface area contributed by atoms with E-state index >= 15 is 0 Å². The van der Waals surface area contributed by atoms with Crippen molar-refractivity contribution >= 4 is 5.97 Å². The highest BCUT2D eigenvalue weighted by Gasteiger charge is 2.14. The molecule has 0 aliphatic heterocycles. The van der Waals surface area contributed by atoms with Crippen molar-refractivity contribution in [2.24, 2.45) is 5.90 Å². The van der Waals surface area contributed by atoms with Gasteiger partial charge in [0, 0.05) is 0 Å². The maximum Gasteiger partial charge on any atom is 0.325 e. The van der Waals surface area contributed by atoms with Crippen molar-refractivity contribution in [3.8, 4) is 0 Å². The van der Waals surface area contributed by atoms with E-state index in [0.717, 1.165) is 0 Å². The number of rotatable bonds is 4. The summed E-state index contributed by atoms with van der Waals surface area (Å²) >= 11 is 0. The van der Waals surface area contributed by atoms with E-state index in [1.807, 2.05) is 5.48 Å². The Morgan fingerprint density at radius 2 is 2.44 bits per heavy atom. The fourth-order valence-electron chi connectivity index (χ4n) is 0.248. The second-order valence-corrected chi connectivity index (χ2v) is 1.31. The third-order valence-electron chi connectivity index (χ3n) is 0.691. The normalized spacial score (nSPS) is 13.1. The van der Waals surface area contributed by atoms with Crippen LogP contribution in [0.4, 0.5) is 0 Å². The molecule has 0 heterocycles. The molecule has 0 saturated heterocycles. The zero-order valence-corrected chi connectivity index (χ0v) is 4.57. The SMILES string of the molecule is NONC(CO)C(=O)O. The zero-order valence-electron chi connectivity index (χ0n) is 4.57. The van der Waals surface area contributed by atoms with Crippen molar-refractivity contribution in [3.05, 3.63) is 0 Å². The highest BCUT2D eigenvalue weighted by molar-refractivity contribution is 5.73. The van der Waals surface area contributed by atoms with Crippen LogP contribution in [0, 0.1) is 0 Å². The molecule has 0 fully saturated rings. The molecule has 0 saturated carbocycles. The third-order valence-corrected chi connectivity index (χ3v) is 0.691. The Balaban J connectivity index is 3.54. The Bertz CT molecular complexity index is 95.8. The van der Waals surface area contributed by atoms with Crippen LogP contribution < -0.4 is 11.4 Å². The summed E-state index contributed by atoms with van der Waals surface area (Å²) in [4.78, 5) is 13.7. The summed E-state index contributed by atoms with van der Waals surface area (Å²) in [7, 11) is 0. The molecule has 0 rings (SSSR count). The van der Waals surface area contributed by atoms with Gasteiger partial charge in [0.25, 0.3) is 0 Å². The predicted molar refractivity (Wildman–Crippen MR) is 26.9 cm³/mol. The molecule has 0 aliphatic rings. The molecule has 0 radical (unpaired) electrons. The van der Waals surface area contributed by atoms with Gasteiger partial charge < -0.3 is 10.2 Å². The van der Waals surface area contributed by atoms with E-state index in [1.54, 1.807) is 0 Å². The Morgan fingerprint density at radius 3 is 2.56 bits per heavy atom. The van der Waals surface area contributed by atoms with Crippen molar-refractivity contribution in [2.75, 3.05) is 6.61 Å². The fraction of sp³-hybridized carbons (Fsp3) is 0.667. The number of aliphatic carboxylic acids is 1. The van der Waals surface area contributed by atoms with Gasteiger partial charge in [0.15, 0.2) is 6.04 Å². The van der Waals surface area contributed by atoms with Crippen molar-refractivity contribution in [1.29, 1.82) is 0 Å². The number of nitrogens with two attached hydrogens (primary N) is 1. The highest BCUT2D eigenvalue weighted by Crippen LogP contribution is 1.78. The average molecular weight is 136 g/mol. The monoisotopic (exact) mass is 136 g/mol. The molecular weight excluding hydrogens is 128 g/mol. The molecule has 0 spiro atoms. The quantitative estimate of drug-likeness (QED) is 0.328. The lowest BCUT2D eigenvalue weighted by Gasteiger charge is -2.06. The van der Waals surface area contributed by atoms with Crippen molar-refractivity contribution in [3.63, 3.8) is 0 Å². The second-order valence-electron chi connectivity index (χ2n) is 1.31. The van der Waals surface area contributed by atoms with Gasteiger partial charge in [-0.05, 0) is 0 Å². The van der Waals surface area contributed by atoms with Gasteiger partial charge >= 0.3 is 5.97 Å². The van der Waals surface area contributed by atoms with Gasteiger partial charge in [-0.3, -0.25) is 4.79 Å². The lowest BCUT2D eigenvalue weighted by molar-refractivity contribution is -0.145. The van der Waals surface area contributed by atoms with Crippen LogP contribution in [0.25, 0.3) is 0 Å². The van der Waals surface area contributed by atoms with E-state index in [9.17, 15) is 4.79 Å². The molecule has 9 heavy (non-hydrogen) atoms. The van der Waals surface area contributed by atoms with Crippen LogP contribution in [-0.2, 0) is 9.73 Å². The van der Waals surface area contributed by atoms with Crippen LogP contribution >= 0.6 is 0 Å². The van der Waals surface area contributed by atoms with Crippen molar-refractivity contribution in [1.82, 2.24) is 5.48 Å². The minimum atomic E-state index is -1.22. The molecule has 54 valence electrons. The lowest BCUT2D eigenvalue weighted by Crippen LogP contribution is -2.41. The van der Waals surface area contributed by atoms with E-state index in [1.165, 1.54) is 0 Å². The molecule has 1 unspecified atom stereocenters. The van der Waals surface area contributed by atoms with Crippen molar-refractivity contribution < 1.29 is 19.9 Å². The Hall–Kier alpha value is -0.690. The summed E-state index contributed by atoms with van der Waals surface area (Å²) in [6.07, 6.45) is 0. The number of hydroxylamine groups is 1. The molecule has 0 bridgehead atoms. The predicted octanol–water partition coefficient (Wildman–Crippen LogP) is -2.17. The number of hydrogen-bond acceptors (Lipinski definition) is 5. The molecule has 0 aromatic heterocycles. The number of hydrogen-bond donors (Lipinski definition) is 4. The average Bonchev–Trinajstić information content (AvgIpc) is 1.82. The Kier molecular flexibility index (Phi) is 3.89. The Labute approximate surface area is 51.1 Å². The van der Waals surface area contributed by atoms with Crippen LogP contribution in [0.3, 0.4) is 0 Å². The smallest absolute Gasteiger partial charge is 0.325 e. The number of carboxylic acid groups (broad SMARTS) is 1. The van der Waals surface area contributed by atoms with Gasteiger partial charge in [0.1, 0.15) is 0 Å². The lowest BCUT2D eigenvalue weighted by atomic mass is 10.3. The summed E-state index contributed by atoms with van der Waals surface area (Å²) in [6, 6.07) is -1.16. The standard InChI is InChI=1S/C3H8N2O4/c4-9-5-2(1-6)3(7)8/h2,5-6H,1,4H2,(H,7,8). The molecule has 0 amide bonds. The maximum atomic E-state index is 9.96. The first-order valence-corrected chi connectivity index (χ1v) is 2.17. The molecular formula is C3H8N2O4. The Morgan fingerprint density at radius 1 is 1.89 bits per heavy atom. The third kappa shape index (κ3) is 2.98. The maximum absolute atomic E-state index is 9.96. The van der Waals surface area contributed by atoms with Crippen LogP contribution in [0.15, 0.2) is 0 Å². The number of nitrogens with one attached hydrogen (secondary N) is 1. The summed E-state index contributed by atoms with van der Waals surface area (Å²) in [5.41, 5.74) is 1.86. The van der Waals surface area contributed by atoms with Gasteiger partial charge in [0.05, 0.1) is 6.61 Å². The summed E-state index contributed by atoms with van der Waals surface area (Å²) in [5.74, 6) is 3.24. The minimum absolute atomic E-state index is 0.563. The second kappa shape index (κ2) is 4.21. The molecule has 5 N–H and O–H groups in total. The number of aliphatic hydroxyl groups is 1. The van der Waals surface area contributed by atoms with Gasteiger partial charge in [-0.2, -0.15) is 11.4 Å². The van der Waals surface area contributed by atoms with E-state index in [-0.39, 0.29) is 0 Å². The largest absolute Gasteiger partial charge is 0.480 e.